The monoisotopic (exact) mass is 700 g/mol. The van der Waals surface area contributed by atoms with Gasteiger partial charge in [-0.3, -0.25) is 0 Å². The molecule has 5 rings (SSSR count). The third-order valence-corrected chi connectivity index (χ3v) is 7.45. The minimum atomic E-state index is -4.12. The smallest absolute Gasteiger partial charge is 0.135 e. The number of sulfonamides is 1. The van der Waals surface area contributed by atoms with Gasteiger partial charge >= 0.3 is 27.0 Å². The van der Waals surface area contributed by atoms with Gasteiger partial charge in [0.25, 0.3) is 0 Å². The van der Waals surface area contributed by atoms with Crippen molar-refractivity contribution in [3.8, 4) is 23.0 Å². The van der Waals surface area contributed by atoms with Gasteiger partial charge in [0.15, 0.2) is 0 Å². The SMILES string of the molecule is [CH3-].[Cl][Ru+3].[NH-]C(c1ccccc1)C([N-]S(=O)(=O)Cc1c(Oc2ccccc2)cccc1Oc1ccccc1)c1ccccc1. The number of benzene rings is 5. The van der Waals surface area contributed by atoms with Crippen molar-refractivity contribution in [2.75, 3.05) is 0 Å². The van der Waals surface area contributed by atoms with Crippen molar-refractivity contribution in [3.63, 3.8) is 0 Å². The molecule has 0 saturated heterocycles. The average molecular weight is 700 g/mol. The maximum absolute atomic E-state index is 13.8. The van der Waals surface area contributed by atoms with Gasteiger partial charge in [-0.15, -0.1) is 12.1 Å². The maximum Gasteiger partial charge on any atom is 0.135 e. The van der Waals surface area contributed by atoms with Gasteiger partial charge in [0, 0.05) is 0 Å². The summed E-state index contributed by atoms with van der Waals surface area (Å²) in [6, 6.07) is 39.8. The summed E-state index contributed by atoms with van der Waals surface area (Å²) in [6.45, 7) is 0. The van der Waals surface area contributed by atoms with E-state index in [1.54, 1.807) is 54.6 Å². The fourth-order valence-electron chi connectivity index (χ4n) is 4.31. The molecule has 0 aromatic heterocycles. The summed E-state index contributed by atoms with van der Waals surface area (Å²) in [5, 5.41) is 0. The third-order valence-electron chi connectivity index (χ3n) is 6.25. The van der Waals surface area contributed by atoms with Crippen molar-refractivity contribution in [2.45, 2.75) is 17.8 Å². The van der Waals surface area contributed by atoms with E-state index in [2.05, 4.69) is 14.4 Å². The van der Waals surface area contributed by atoms with Crippen LogP contribution < -0.4 is 9.47 Å². The van der Waals surface area contributed by atoms with Gasteiger partial charge in [0.1, 0.15) is 23.0 Å². The van der Waals surface area contributed by atoms with Crippen molar-refractivity contribution >= 4 is 19.7 Å². The van der Waals surface area contributed by atoms with Crippen LogP contribution >= 0.6 is 9.69 Å². The summed E-state index contributed by atoms with van der Waals surface area (Å²) in [4.78, 5) is 0. The Kier molecular flexibility index (Phi) is 13.4. The second-order valence-corrected chi connectivity index (χ2v) is 10.8. The van der Waals surface area contributed by atoms with Crippen LogP contribution in [0.5, 0.6) is 23.0 Å². The Morgan fingerprint density at radius 1 is 0.628 bits per heavy atom. The van der Waals surface area contributed by atoms with Crippen LogP contribution in [0.4, 0.5) is 0 Å². The summed E-state index contributed by atoms with van der Waals surface area (Å²) in [7, 11) is 0.449. The molecule has 9 heteroatoms. The van der Waals surface area contributed by atoms with E-state index >= 15 is 0 Å². The van der Waals surface area contributed by atoms with Crippen LogP contribution in [0.3, 0.4) is 0 Å². The van der Waals surface area contributed by atoms with Gasteiger partial charge in [-0.05, 0) is 36.4 Å². The first-order valence-corrected chi connectivity index (χ1v) is 16.8. The molecule has 0 saturated carbocycles. The number of nitrogens with zero attached hydrogens (tertiary/aromatic N) is 1. The number of nitrogens with one attached hydrogen (secondary N) is 1. The number of ether oxygens (including phenoxy) is 2. The van der Waals surface area contributed by atoms with E-state index in [9.17, 15) is 8.42 Å². The fourth-order valence-corrected chi connectivity index (χ4v) is 5.62. The van der Waals surface area contributed by atoms with Crippen LogP contribution in [0.2, 0.25) is 0 Å². The Balaban J connectivity index is 0.00000165. The van der Waals surface area contributed by atoms with Gasteiger partial charge in [-0.2, -0.15) is 0 Å². The van der Waals surface area contributed by atoms with Crippen LogP contribution in [0.25, 0.3) is 10.5 Å². The van der Waals surface area contributed by atoms with E-state index in [4.69, 9.17) is 15.2 Å². The average Bonchev–Trinajstić information content (AvgIpc) is 3.04. The summed E-state index contributed by atoms with van der Waals surface area (Å²) < 4.78 is 44.1. The van der Waals surface area contributed by atoms with Crippen LogP contribution in [-0.2, 0) is 33.1 Å². The molecule has 0 aliphatic heterocycles. The Morgan fingerprint density at radius 3 is 1.47 bits per heavy atom. The summed E-state index contributed by atoms with van der Waals surface area (Å²) >= 11 is 1.82. The van der Waals surface area contributed by atoms with Crippen molar-refractivity contribution in [3.05, 3.63) is 174 Å². The summed E-state index contributed by atoms with van der Waals surface area (Å²) in [6.07, 6.45) is 0. The molecule has 0 aliphatic rings. The first-order valence-electron chi connectivity index (χ1n) is 13.0. The van der Waals surface area contributed by atoms with Crippen molar-refractivity contribution in [1.82, 2.24) is 0 Å². The predicted molar refractivity (Wildman–Crippen MR) is 170 cm³/mol. The van der Waals surface area contributed by atoms with Gasteiger partial charge < -0.3 is 27.4 Å². The van der Waals surface area contributed by atoms with E-state index in [0.29, 0.717) is 39.7 Å². The number of hydrogen-bond acceptors (Lipinski definition) is 4. The molecular formula is C34H31ClN2O4RuS. The molecule has 0 bridgehead atoms. The summed E-state index contributed by atoms with van der Waals surface area (Å²) in [5.41, 5.74) is 10.6. The normalized spacial score (nSPS) is 12.0. The minimum Gasteiger partial charge on any atom is -0.672 e. The third kappa shape index (κ3) is 9.75. The zero-order valence-corrected chi connectivity index (χ0v) is 26.7. The molecule has 5 aromatic rings. The van der Waals surface area contributed by atoms with Crippen LogP contribution in [0, 0.1) is 7.43 Å². The molecule has 0 spiro atoms. The molecule has 5 aromatic carbocycles. The van der Waals surface area contributed by atoms with Crippen molar-refractivity contribution in [1.29, 1.82) is 0 Å². The number of rotatable bonds is 11. The molecule has 1 N–H and O–H groups in total. The largest absolute Gasteiger partial charge is 0.672 e. The first-order chi connectivity index (χ1) is 20.5. The Hall–Kier alpha value is -3.52. The number of hydrogen-bond donors (Lipinski definition) is 0. The van der Waals surface area contributed by atoms with E-state index < -0.39 is 27.9 Å². The van der Waals surface area contributed by atoms with Crippen molar-refractivity contribution in [2.24, 2.45) is 0 Å². The molecule has 6 nitrogen and oxygen atoms in total. The molecule has 0 amide bonds. The van der Waals surface area contributed by atoms with Crippen LogP contribution in [-0.4, -0.2) is 8.42 Å². The van der Waals surface area contributed by atoms with Gasteiger partial charge in [-0.1, -0.05) is 114 Å². The van der Waals surface area contributed by atoms with E-state index in [-0.39, 0.29) is 7.43 Å². The zero-order valence-electron chi connectivity index (χ0n) is 23.4. The second kappa shape index (κ2) is 16.9. The second-order valence-electron chi connectivity index (χ2n) is 9.14. The minimum absolute atomic E-state index is 0. The molecule has 2 unspecified atom stereocenters. The molecule has 0 heterocycles. The molecule has 43 heavy (non-hydrogen) atoms. The topological polar surface area (TPSA) is 90.5 Å². The molecule has 2 atom stereocenters. The molecular weight excluding hydrogens is 669 g/mol. The maximum atomic E-state index is 13.8. The van der Waals surface area contributed by atoms with Gasteiger partial charge in [-0.25, -0.2) is 8.42 Å². The number of para-hydroxylation sites is 2. The van der Waals surface area contributed by atoms with Gasteiger partial charge in [0.2, 0.25) is 0 Å². The van der Waals surface area contributed by atoms with Crippen LogP contribution in [0.15, 0.2) is 140 Å². The Morgan fingerprint density at radius 2 is 1.02 bits per heavy atom. The summed E-state index contributed by atoms with van der Waals surface area (Å²) in [5.74, 6) is 1.35. The van der Waals surface area contributed by atoms with E-state index in [0.717, 1.165) is 0 Å². The standard InChI is InChI=1S/C33H28N2O4S.CH3.ClH.Ru/c34-32(25-14-5-1-6-15-25)33(26-16-7-2-8-17-26)35-40(36,37)24-29-30(38-27-18-9-3-10-19-27)22-13-23-31(29)39-28-20-11-4-12-21-28;;;/h1-23,32-34H,24H2;1H3;1H;/q-2;-1;;+4/p-1. The van der Waals surface area contributed by atoms with Crippen LogP contribution in [0.1, 0.15) is 28.8 Å². The van der Waals surface area contributed by atoms with E-state index in [1.165, 1.54) is 0 Å². The first kappa shape index (κ1) is 34.0. The number of halogens is 1. The molecule has 222 valence electrons. The predicted octanol–water partition coefficient (Wildman–Crippen LogP) is 10.1. The Bertz CT molecular complexity index is 1570. The van der Waals surface area contributed by atoms with Gasteiger partial charge in [0.05, 0.1) is 21.3 Å². The zero-order chi connectivity index (χ0) is 29.8. The van der Waals surface area contributed by atoms with Crippen molar-refractivity contribution < 1.29 is 35.2 Å². The molecule has 0 fully saturated rings. The molecule has 0 radical (unpaired) electrons. The Labute approximate surface area is 268 Å². The fraction of sp³-hybridized carbons (Fsp3) is 0.0882. The quantitative estimate of drug-likeness (QED) is 0.101. The molecule has 0 aliphatic carbocycles. The van der Waals surface area contributed by atoms with E-state index in [1.807, 2.05) is 102 Å².